The normalized spacial score (nSPS) is 20.8. The number of nitrogens with one attached hydrogen (secondary N) is 1. The van der Waals surface area contributed by atoms with E-state index in [0.29, 0.717) is 25.4 Å². The van der Waals surface area contributed by atoms with Crippen molar-refractivity contribution < 1.29 is 14.7 Å². The maximum absolute atomic E-state index is 12.5. The van der Waals surface area contributed by atoms with Crippen LogP contribution in [0.1, 0.15) is 37.0 Å². The minimum absolute atomic E-state index is 0.0396. The molecule has 0 saturated carbocycles. The standard InChI is InChI=1S/C18H27N3O4/c1-12(2)14-10-21(9-5-7-16(22)23)11-15(14)19-17(24)13-6-4-8-20(3)18(13)25/h4,6,8,12,14-15H,5,7,9-11H2,1-3H3,(H,19,24)(H,22,23)/t14-,15+/m1/s1. The first-order valence-electron chi connectivity index (χ1n) is 8.70. The number of pyridine rings is 1. The predicted octanol–water partition coefficient (Wildman–Crippen LogP) is 0.936. The molecule has 1 aromatic rings. The second-order valence-corrected chi connectivity index (χ2v) is 7.08. The Morgan fingerprint density at radius 2 is 2.08 bits per heavy atom. The highest BCUT2D eigenvalue weighted by atomic mass is 16.4. The number of hydrogen-bond acceptors (Lipinski definition) is 4. The summed E-state index contributed by atoms with van der Waals surface area (Å²) in [5, 5.41) is 11.8. The van der Waals surface area contributed by atoms with E-state index in [1.165, 1.54) is 4.57 Å². The van der Waals surface area contributed by atoms with Gasteiger partial charge in [-0.05, 0) is 36.9 Å². The Morgan fingerprint density at radius 1 is 1.36 bits per heavy atom. The van der Waals surface area contributed by atoms with Crippen LogP contribution in [0.3, 0.4) is 0 Å². The average Bonchev–Trinajstić information content (AvgIpc) is 2.92. The number of hydrogen-bond donors (Lipinski definition) is 2. The molecule has 1 aromatic heterocycles. The Kier molecular flexibility index (Phi) is 6.36. The molecule has 0 aromatic carbocycles. The zero-order valence-electron chi connectivity index (χ0n) is 15.1. The Hall–Kier alpha value is -2.15. The summed E-state index contributed by atoms with van der Waals surface area (Å²) in [4.78, 5) is 37.5. The molecular weight excluding hydrogens is 322 g/mol. The van der Waals surface area contributed by atoms with E-state index in [9.17, 15) is 14.4 Å². The highest BCUT2D eigenvalue weighted by molar-refractivity contribution is 5.94. The second kappa shape index (κ2) is 8.29. The highest BCUT2D eigenvalue weighted by Gasteiger charge is 2.35. The maximum atomic E-state index is 12.5. The van der Waals surface area contributed by atoms with Gasteiger partial charge in [-0.3, -0.25) is 14.4 Å². The molecule has 2 atom stereocenters. The number of rotatable bonds is 7. The third-order valence-corrected chi connectivity index (χ3v) is 4.85. The largest absolute Gasteiger partial charge is 0.481 e. The molecule has 138 valence electrons. The Balaban J connectivity index is 2.03. The Labute approximate surface area is 147 Å². The van der Waals surface area contributed by atoms with Crippen LogP contribution in [-0.4, -0.2) is 52.1 Å². The number of carboxylic acid groups (broad SMARTS) is 1. The topological polar surface area (TPSA) is 91.6 Å². The number of likely N-dealkylation sites (tertiary alicyclic amines) is 1. The molecule has 1 aliphatic rings. The number of aromatic nitrogens is 1. The van der Waals surface area contributed by atoms with Gasteiger partial charge in [0.25, 0.3) is 11.5 Å². The lowest BCUT2D eigenvalue weighted by Gasteiger charge is -2.23. The molecule has 1 aliphatic heterocycles. The van der Waals surface area contributed by atoms with Crippen molar-refractivity contribution in [3.8, 4) is 0 Å². The van der Waals surface area contributed by atoms with Crippen LogP contribution in [-0.2, 0) is 11.8 Å². The molecule has 1 amide bonds. The number of aliphatic carboxylic acids is 1. The highest BCUT2D eigenvalue weighted by Crippen LogP contribution is 2.25. The van der Waals surface area contributed by atoms with Crippen LogP contribution in [0.5, 0.6) is 0 Å². The molecule has 2 rings (SSSR count). The van der Waals surface area contributed by atoms with Crippen LogP contribution >= 0.6 is 0 Å². The number of carbonyl (C=O) groups is 2. The van der Waals surface area contributed by atoms with E-state index in [-0.39, 0.29) is 35.4 Å². The van der Waals surface area contributed by atoms with Gasteiger partial charge in [0.1, 0.15) is 5.56 Å². The smallest absolute Gasteiger partial charge is 0.303 e. The van der Waals surface area contributed by atoms with E-state index < -0.39 is 5.97 Å². The van der Waals surface area contributed by atoms with Crippen molar-refractivity contribution in [2.45, 2.75) is 32.7 Å². The van der Waals surface area contributed by atoms with Gasteiger partial charge in [0.15, 0.2) is 0 Å². The van der Waals surface area contributed by atoms with Crippen LogP contribution in [0.2, 0.25) is 0 Å². The fourth-order valence-electron chi connectivity index (χ4n) is 3.39. The van der Waals surface area contributed by atoms with E-state index in [4.69, 9.17) is 5.11 Å². The van der Waals surface area contributed by atoms with Crippen molar-refractivity contribution in [3.63, 3.8) is 0 Å². The fourth-order valence-corrected chi connectivity index (χ4v) is 3.39. The minimum Gasteiger partial charge on any atom is -0.481 e. The number of carboxylic acids is 1. The number of amides is 1. The van der Waals surface area contributed by atoms with Crippen molar-refractivity contribution in [1.82, 2.24) is 14.8 Å². The predicted molar refractivity (Wildman–Crippen MR) is 94.6 cm³/mol. The first-order valence-corrected chi connectivity index (χ1v) is 8.70. The van der Waals surface area contributed by atoms with E-state index in [1.807, 2.05) is 0 Å². The van der Waals surface area contributed by atoms with Crippen LogP contribution in [0, 0.1) is 11.8 Å². The third kappa shape index (κ3) is 4.92. The van der Waals surface area contributed by atoms with Crippen LogP contribution in [0.25, 0.3) is 0 Å². The summed E-state index contributed by atoms with van der Waals surface area (Å²) in [7, 11) is 1.62. The lowest BCUT2D eigenvalue weighted by atomic mass is 9.91. The molecule has 1 fully saturated rings. The van der Waals surface area contributed by atoms with Crippen molar-refractivity contribution in [2.24, 2.45) is 18.9 Å². The summed E-state index contributed by atoms with van der Waals surface area (Å²) in [5.74, 6) is -0.469. The van der Waals surface area contributed by atoms with Gasteiger partial charge in [0.05, 0.1) is 0 Å². The summed E-state index contributed by atoms with van der Waals surface area (Å²) < 4.78 is 1.39. The summed E-state index contributed by atoms with van der Waals surface area (Å²) in [5.41, 5.74) is -0.158. The first kappa shape index (κ1) is 19.2. The first-order chi connectivity index (χ1) is 11.8. The average molecular weight is 349 g/mol. The molecule has 0 aliphatic carbocycles. The van der Waals surface area contributed by atoms with Gasteiger partial charge >= 0.3 is 5.97 Å². The molecular formula is C18H27N3O4. The van der Waals surface area contributed by atoms with Gasteiger partial charge < -0.3 is 19.9 Å². The van der Waals surface area contributed by atoms with Crippen LogP contribution in [0.15, 0.2) is 23.1 Å². The number of nitrogens with zero attached hydrogens (tertiary/aromatic N) is 2. The molecule has 1 saturated heterocycles. The minimum atomic E-state index is -0.788. The molecule has 25 heavy (non-hydrogen) atoms. The van der Waals surface area contributed by atoms with E-state index in [1.54, 1.807) is 25.4 Å². The third-order valence-electron chi connectivity index (χ3n) is 4.85. The van der Waals surface area contributed by atoms with E-state index in [2.05, 4.69) is 24.1 Å². The molecule has 2 heterocycles. The van der Waals surface area contributed by atoms with Crippen LogP contribution in [0.4, 0.5) is 0 Å². The molecule has 0 unspecified atom stereocenters. The summed E-state index contributed by atoms with van der Waals surface area (Å²) in [6, 6.07) is 3.19. The van der Waals surface area contributed by atoms with Gasteiger partial charge in [-0.15, -0.1) is 0 Å². The van der Waals surface area contributed by atoms with Gasteiger partial charge in [-0.2, -0.15) is 0 Å². The molecule has 0 bridgehead atoms. The zero-order chi connectivity index (χ0) is 18.6. The zero-order valence-corrected chi connectivity index (χ0v) is 15.1. The van der Waals surface area contributed by atoms with Crippen molar-refractivity contribution in [1.29, 1.82) is 0 Å². The summed E-state index contributed by atoms with van der Waals surface area (Å²) >= 11 is 0. The van der Waals surface area contributed by atoms with E-state index >= 15 is 0 Å². The van der Waals surface area contributed by atoms with Gasteiger partial charge in [0, 0.05) is 38.8 Å². The van der Waals surface area contributed by atoms with Gasteiger partial charge in [0.2, 0.25) is 0 Å². The molecule has 0 radical (unpaired) electrons. The molecule has 7 nitrogen and oxygen atoms in total. The second-order valence-electron chi connectivity index (χ2n) is 7.08. The van der Waals surface area contributed by atoms with Crippen LogP contribution < -0.4 is 10.9 Å². The summed E-state index contributed by atoms with van der Waals surface area (Å²) in [6.45, 7) is 6.45. The molecule has 2 N–H and O–H groups in total. The number of aryl methyl sites for hydroxylation is 1. The molecule has 7 heteroatoms. The van der Waals surface area contributed by atoms with Crippen molar-refractivity contribution in [3.05, 3.63) is 34.2 Å². The van der Waals surface area contributed by atoms with E-state index in [0.717, 1.165) is 6.54 Å². The van der Waals surface area contributed by atoms with Gasteiger partial charge in [-0.25, -0.2) is 0 Å². The number of carbonyl (C=O) groups excluding carboxylic acids is 1. The lowest BCUT2D eigenvalue weighted by molar-refractivity contribution is -0.137. The summed E-state index contributed by atoms with van der Waals surface area (Å²) in [6.07, 6.45) is 2.37. The molecule has 0 spiro atoms. The van der Waals surface area contributed by atoms with Gasteiger partial charge in [-0.1, -0.05) is 13.8 Å². The monoisotopic (exact) mass is 349 g/mol. The maximum Gasteiger partial charge on any atom is 0.303 e. The quantitative estimate of drug-likeness (QED) is 0.764. The fraction of sp³-hybridized carbons (Fsp3) is 0.611. The van der Waals surface area contributed by atoms with Crippen molar-refractivity contribution >= 4 is 11.9 Å². The SMILES string of the molecule is CC(C)[C@H]1CN(CCCC(=O)O)C[C@@H]1NC(=O)c1cccn(C)c1=O. The van der Waals surface area contributed by atoms with Crippen molar-refractivity contribution in [2.75, 3.05) is 19.6 Å². The Morgan fingerprint density at radius 3 is 2.72 bits per heavy atom. The lowest BCUT2D eigenvalue weighted by Crippen LogP contribution is -2.44. The Bertz CT molecular complexity index is 683.